The molecule has 3 unspecified atom stereocenters. The van der Waals surface area contributed by atoms with Crippen LogP contribution < -0.4 is 5.32 Å². The summed E-state index contributed by atoms with van der Waals surface area (Å²) in [5, 5.41) is 3.27. The van der Waals surface area contributed by atoms with Crippen molar-refractivity contribution in [3.63, 3.8) is 0 Å². The highest BCUT2D eigenvalue weighted by Gasteiger charge is 2.42. The van der Waals surface area contributed by atoms with Crippen LogP contribution in [-0.2, 0) is 4.79 Å². The molecule has 3 aliphatic heterocycles. The quantitative estimate of drug-likeness (QED) is 0.819. The average Bonchev–Trinajstić information content (AvgIpc) is 2.44. The van der Waals surface area contributed by atoms with Gasteiger partial charge in [0.25, 0.3) is 0 Å². The molecule has 17 heavy (non-hydrogen) atoms. The van der Waals surface area contributed by atoms with Gasteiger partial charge in [0.05, 0.1) is 0 Å². The topological polar surface area (TPSA) is 32.3 Å². The second-order valence-electron chi connectivity index (χ2n) is 5.77. The number of rotatable bonds is 2. The van der Waals surface area contributed by atoms with Gasteiger partial charge in [-0.15, -0.1) is 12.4 Å². The first-order valence-electron chi connectivity index (χ1n) is 6.80. The van der Waals surface area contributed by atoms with E-state index in [0.717, 1.165) is 13.1 Å². The predicted octanol–water partition coefficient (Wildman–Crippen LogP) is 1.81. The first-order chi connectivity index (χ1) is 7.77. The maximum absolute atomic E-state index is 12.5. The number of nitrogens with zero attached hydrogens (tertiary/aromatic N) is 1. The van der Waals surface area contributed by atoms with E-state index in [-0.39, 0.29) is 18.3 Å². The van der Waals surface area contributed by atoms with Gasteiger partial charge in [-0.05, 0) is 51.1 Å². The van der Waals surface area contributed by atoms with Crippen LogP contribution in [0.25, 0.3) is 0 Å². The van der Waals surface area contributed by atoms with Crippen LogP contribution in [-0.4, -0.2) is 36.0 Å². The second kappa shape index (κ2) is 5.15. The van der Waals surface area contributed by atoms with Crippen molar-refractivity contribution in [3.05, 3.63) is 0 Å². The molecule has 0 aliphatic carbocycles. The number of hydrogen-bond donors (Lipinski definition) is 1. The molecule has 4 heteroatoms. The van der Waals surface area contributed by atoms with Gasteiger partial charge >= 0.3 is 0 Å². The lowest BCUT2D eigenvalue weighted by atomic mass is 9.86. The Morgan fingerprint density at radius 2 is 1.76 bits per heavy atom. The second-order valence-corrected chi connectivity index (χ2v) is 5.77. The van der Waals surface area contributed by atoms with E-state index in [1.54, 1.807) is 0 Å². The summed E-state index contributed by atoms with van der Waals surface area (Å²) >= 11 is 0. The molecule has 0 aromatic rings. The van der Waals surface area contributed by atoms with Gasteiger partial charge in [-0.1, -0.05) is 6.92 Å². The number of nitrogens with one attached hydrogen (secondary N) is 1. The van der Waals surface area contributed by atoms with Gasteiger partial charge in [0.2, 0.25) is 5.91 Å². The van der Waals surface area contributed by atoms with Gasteiger partial charge in [-0.3, -0.25) is 4.79 Å². The molecule has 3 atom stereocenters. The van der Waals surface area contributed by atoms with E-state index in [1.165, 1.54) is 32.1 Å². The number of halogens is 1. The van der Waals surface area contributed by atoms with E-state index in [0.29, 0.717) is 23.9 Å². The Morgan fingerprint density at radius 3 is 2.24 bits per heavy atom. The summed E-state index contributed by atoms with van der Waals surface area (Å²) in [6.07, 6.45) is 6.34. The van der Waals surface area contributed by atoms with Crippen molar-refractivity contribution >= 4 is 18.3 Å². The third-order valence-electron chi connectivity index (χ3n) is 4.86. The van der Waals surface area contributed by atoms with Crippen LogP contribution >= 0.6 is 12.4 Å². The molecular formula is C13H23ClN2O. The SMILES string of the molecule is CC(C(=O)N1C2CCCC1CC2)C1CNC1.Cl. The minimum absolute atomic E-state index is 0. The molecular weight excluding hydrogens is 236 g/mol. The van der Waals surface area contributed by atoms with Crippen LogP contribution in [0, 0.1) is 11.8 Å². The first-order valence-corrected chi connectivity index (χ1v) is 6.80. The zero-order valence-corrected chi connectivity index (χ0v) is 11.3. The normalized spacial score (nSPS) is 33.8. The van der Waals surface area contributed by atoms with E-state index in [2.05, 4.69) is 17.1 Å². The molecule has 3 heterocycles. The predicted molar refractivity (Wildman–Crippen MR) is 70.3 cm³/mol. The van der Waals surface area contributed by atoms with Gasteiger partial charge in [0.15, 0.2) is 0 Å². The smallest absolute Gasteiger partial charge is 0.226 e. The Balaban J connectivity index is 0.00000108. The third kappa shape index (κ3) is 2.19. The van der Waals surface area contributed by atoms with Crippen LogP contribution in [0.4, 0.5) is 0 Å². The van der Waals surface area contributed by atoms with Gasteiger partial charge in [-0.2, -0.15) is 0 Å². The lowest BCUT2D eigenvalue weighted by Crippen LogP contribution is -2.53. The fourth-order valence-electron chi connectivity index (χ4n) is 3.58. The van der Waals surface area contributed by atoms with Crippen LogP contribution in [0.5, 0.6) is 0 Å². The molecule has 98 valence electrons. The number of hydrogen-bond acceptors (Lipinski definition) is 2. The Morgan fingerprint density at radius 1 is 1.18 bits per heavy atom. The molecule has 3 fully saturated rings. The molecule has 1 N–H and O–H groups in total. The maximum atomic E-state index is 12.5. The molecule has 1 amide bonds. The molecule has 3 saturated heterocycles. The first kappa shape index (κ1) is 13.2. The third-order valence-corrected chi connectivity index (χ3v) is 4.86. The summed E-state index contributed by atoms with van der Waals surface area (Å²) in [6.45, 7) is 4.20. The molecule has 3 nitrogen and oxygen atoms in total. The average molecular weight is 259 g/mol. The minimum atomic E-state index is 0. The van der Waals surface area contributed by atoms with Gasteiger partial charge < -0.3 is 10.2 Å². The van der Waals surface area contributed by atoms with E-state index in [1.807, 2.05) is 0 Å². The van der Waals surface area contributed by atoms with Crippen LogP contribution in [0.2, 0.25) is 0 Å². The highest BCUT2D eigenvalue weighted by atomic mass is 35.5. The Kier molecular flexibility index (Phi) is 3.99. The maximum Gasteiger partial charge on any atom is 0.226 e. The highest BCUT2D eigenvalue weighted by molar-refractivity contribution is 5.85. The minimum Gasteiger partial charge on any atom is -0.336 e. The molecule has 0 spiro atoms. The summed E-state index contributed by atoms with van der Waals surface area (Å²) in [5.41, 5.74) is 0. The van der Waals surface area contributed by atoms with Gasteiger partial charge in [0, 0.05) is 18.0 Å². The van der Waals surface area contributed by atoms with Crippen molar-refractivity contribution in [1.29, 1.82) is 0 Å². The number of amides is 1. The summed E-state index contributed by atoms with van der Waals surface area (Å²) in [5.74, 6) is 1.27. The lowest BCUT2D eigenvalue weighted by molar-refractivity contribution is -0.141. The number of fused-ring (bicyclic) bond motifs is 2. The zero-order valence-electron chi connectivity index (χ0n) is 10.5. The molecule has 0 aromatic heterocycles. The molecule has 0 radical (unpaired) electrons. The van der Waals surface area contributed by atoms with Crippen molar-refractivity contribution < 1.29 is 4.79 Å². The summed E-state index contributed by atoms with van der Waals surface area (Å²) in [7, 11) is 0. The van der Waals surface area contributed by atoms with Crippen LogP contribution in [0.1, 0.15) is 39.0 Å². The van der Waals surface area contributed by atoms with Crippen LogP contribution in [0.3, 0.4) is 0 Å². The van der Waals surface area contributed by atoms with Crippen LogP contribution in [0.15, 0.2) is 0 Å². The molecule has 0 saturated carbocycles. The number of carbonyl (C=O) groups is 1. The molecule has 3 rings (SSSR count). The number of carbonyl (C=O) groups excluding carboxylic acids is 1. The van der Waals surface area contributed by atoms with Crippen molar-refractivity contribution in [1.82, 2.24) is 10.2 Å². The standard InChI is InChI=1S/C13H22N2O.ClH/c1-9(10-7-14-8-10)13(16)15-11-3-2-4-12(15)6-5-11;/h9-12,14H,2-8H2,1H3;1H. The van der Waals surface area contributed by atoms with E-state index >= 15 is 0 Å². The van der Waals surface area contributed by atoms with Gasteiger partial charge in [0.1, 0.15) is 0 Å². The summed E-state index contributed by atoms with van der Waals surface area (Å²) < 4.78 is 0. The summed E-state index contributed by atoms with van der Waals surface area (Å²) in [4.78, 5) is 14.7. The number of piperidine rings is 1. The highest BCUT2D eigenvalue weighted by Crippen LogP contribution is 2.37. The lowest BCUT2D eigenvalue weighted by Gasteiger charge is -2.40. The largest absolute Gasteiger partial charge is 0.336 e. The van der Waals surface area contributed by atoms with Crippen molar-refractivity contribution in [2.24, 2.45) is 11.8 Å². The Labute approximate surface area is 110 Å². The monoisotopic (exact) mass is 258 g/mol. The Bertz CT molecular complexity index is 277. The molecule has 0 aromatic carbocycles. The van der Waals surface area contributed by atoms with E-state index in [4.69, 9.17) is 0 Å². The Hall–Kier alpha value is -0.280. The van der Waals surface area contributed by atoms with Crippen molar-refractivity contribution in [2.75, 3.05) is 13.1 Å². The molecule has 3 aliphatic rings. The van der Waals surface area contributed by atoms with Crippen molar-refractivity contribution in [3.8, 4) is 0 Å². The van der Waals surface area contributed by atoms with E-state index in [9.17, 15) is 4.79 Å². The van der Waals surface area contributed by atoms with Crippen molar-refractivity contribution in [2.45, 2.75) is 51.1 Å². The fraction of sp³-hybridized carbons (Fsp3) is 0.923. The van der Waals surface area contributed by atoms with Gasteiger partial charge in [-0.25, -0.2) is 0 Å². The zero-order chi connectivity index (χ0) is 11.1. The van der Waals surface area contributed by atoms with E-state index < -0.39 is 0 Å². The molecule has 2 bridgehead atoms. The fourth-order valence-corrected chi connectivity index (χ4v) is 3.58. The summed E-state index contributed by atoms with van der Waals surface area (Å²) in [6, 6.07) is 1.17.